The van der Waals surface area contributed by atoms with Gasteiger partial charge in [0.05, 0.1) is 12.8 Å². The maximum Gasteiger partial charge on any atom is 0.283 e. The fourth-order valence-corrected chi connectivity index (χ4v) is 0.458. The van der Waals surface area contributed by atoms with E-state index in [4.69, 9.17) is 9.59 Å². The van der Waals surface area contributed by atoms with Gasteiger partial charge in [0.25, 0.3) is 12.6 Å². The lowest BCUT2D eigenvalue weighted by molar-refractivity contribution is 0.643. The summed E-state index contributed by atoms with van der Waals surface area (Å²) >= 11 is 0. The number of hydrogen-bond acceptors (Lipinski definition) is 1. The van der Waals surface area contributed by atoms with Crippen molar-refractivity contribution in [3.8, 4) is 0 Å². The highest BCUT2D eigenvalue weighted by atomic mass is 16.1. The van der Waals surface area contributed by atoms with Gasteiger partial charge in [0.2, 0.25) is 0 Å². The van der Waals surface area contributed by atoms with Crippen LogP contribution in [0.15, 0.2) is 0 Å². The highest BCUT2D eigenvalue weighted by Gasteiger charge is 1.87. The minimum Gasteiger partial charge on any atom is -0.315 e. The molecular weight excluding hydrogens is 118 g/mol. The van der Waals surface area contributed by atoms with Crippen LogP contribution in [0.3, 0.4) is 0 Å². The van der Waals surface area contributed by atoms with Crippen LogP contribution in [0.25, 0.3) is 0 Å². The molecule has 0 saturated carbocycles. The van der Waals surface area contributed by atoms with Crippen LogP contribution in [-0.2, 0) is 0 Å². The van der Waals surface area contributed by atoms with Crippen molar-refractivity contribution < 1.29 is 9.59 Å². The van der Waals surface area contributed by atoms with E-state index < -0.39 is 0 Å². The maximum atomic E-state index is 8.20. The molecule has 0 heterocycles. The summed E-state index contributed by atoms with van der Waals surface area (Å²) in [5, 5.41) is 3.00. The van der Waals surface area contributed by atoms with E-state index in [0.29, 0.717) is 12.8 Å². The topological polar surface area (TPSA) is 54.8 Å². The Morgan fingerprint density at radius 1 is 1.00 bits per heavy atom. The number of aldehydes is 2. The summed E-state index contributed by atoms with van der Waals surface area (Å²) in [4.78, 5) is 16.4. The molecule has 0 aromatic carbocycles. The predicted octanol–water partition coefficient (Wildman–Crippen LogP) is -0.294. The molecule has 3 N–H and O–H groups in total. The number of rotatable bonds is 6. The standard InChI is InChI=1S/C6H11NO2/c8-5-1-3-7-4-2-6-9/h5-7H,1-4H2/p+2. The first-order valence-corrected chi connectivity index (χ1v) is 3.04. The molecule has 0 fully saturated rings. The summed E-state index contributed by atoms with van der Waals surface area (Å²) in [7, 11) is 0. The third-order valence-corrected chi connectivity index (χ3v) is 0.900. The van der Waals surface area contributed by atoms with Crippen LogP contribution in [0.5, 0.6) is 0 Å². The van der Waals surface area contributed by atoms with E-state index in [9.17, 15) is 0 Å². The van der Waals surface area contributed by atoms with E-state index in [1.165, 1.54) is 0 Å². The molecule has 0 radical (unpaired) electrons. The molecule has 0 aliphatic carbocycles. The Labute approximate surface area is 54.4 Å². The molecule has 3 heteroatoms. The summed E-state index contributed by atoms with van der Waals surface area (Å²) in [6, 6.07) is 0. The Morgan fingerprint density at radius 3 is 1.78 bits per heavy atom. The smallest absolute Gasteiger partial charge is 0.283 e. The van der Waals surface area contributed by atoms with Crippen LogP contribution in [-0.4, -0.2) is 35.3 Å². The summed E-state index contributed by atoms with van der Waals surface area (Å²) in [5.74, 6) is 0. The molecule has 0 spiro atoms. The summed E-state index contributed by atoms with van der Waals surface area (Å²) in [6.45, 7) is 1.54. The van der Waals surface area contributed by atoms with Gasteiger partial charge in [-0.05, 0) is 0 Å². The van der Waals surface area contributed by atoms with Gasteiger partial charge in [-0.15, -0.1) is 0 Å². The van der Waals surface area contributed by atoms with E-state index in [-0.39, 0.29) is 0 Å². The Bertz CT molecular complexity index is 73.1. The highest BCUT2D eigenvalue weighted by molar-refractivity contribution is 5.51. The van der Waals surface area contributed by atoms with Crippen molar-refractivity contribution in [1.29, 1.82) is 0 Å². The lowest BCUT2D eigenvalue weighted by Crippen LogP contribution is -2.17. The van der Waals surface area contributed by atoms with Gasteiger partial charge in [0.1, 0.15) is 0 Å². The van der Waals surface area contributed by atoms with Gasteiger partial charge in [0, 0.05) is 13.1 Å². The van der Waals surface area contributed by atoms with Gasteiger partial charge >= 0.3 is 0 Å². The van der Waals surface area contributed by atoms with Crippen molar-refractivity contribution in [2.24, 2.45) is 0 Å². The second-order valence-corrected chi connectivity index (χ2v) is 1.69. The van der Waals surface area contributed by atoms with Crippen LogP contribution in [0.1, 0.15) is 12.8 Å². The average molecular weight is 131 g/mol. The number of carbonyl (C=O) groups excluding carboxylic acids is 2. The van der Waals surface area contributed by atoms with E-state index >= 15 is 0 Å². The molecule has 3 nitrogen and oxygen atoms in total. The molecule has 0 aliphatic rings. The Hall–Kier alpha value is -0.700. The van der Waals surface area contributed by atoms with Crippen LogP contribution >= 0.6 is 0 Å². The quantitative estimate of drug-likeness (QED) is 0.300. The van der Waals surface area contributed by atoms with E-state index in [1.807, 2.05) is 0 Å². The second kappa shape index (κ2) is 7.30. The first-order valence-electron chi connectivity index (χ1n) is 3.04. The monoisotopic (exact) mass is 131 g/mol. The zero-order valence-electron chi connectivity index (χ0n) is 5.38. The van der Waals surface area contributed by atoms with Crippen molar-refractivity contribution in [1.82, 2.24) is 5.32 Å². The number of nitrogens with one attached hydrogen (secondary N) is 1. The molecular formula is C6H13NO2+2. The summed E-state index contributed by atoms with van der Waals surface area (Å²) in [6.07, 6.45) is 3.56. The summed E-state index contributed by atoms with van der Waals surface area (Å²) < 4.78 is 0. The maximum absolute atomic E-state index is 8.20. The molecule has 52 valence electrons. The molecule has 0 saturated heterocycles. The van der Waals surface area contributed by atoms with Gasteiger partial charge in [-0.1, -0.05) is 0 Å². The second-order valence-electron chi connectivity index (χ2n) is 1.69. The predicted molar refractivity (Wildman–Crippen MR) is 38.1 cm³/mol. The van der Waals surface area contributed by atoms with Crippen molar-refractivity contribution in [2.75, 3.05) is 13.1 Å². The molecule has 0 amide bonds. The zero-order valence-corrected chi connectivity index (χ0v) is 5.38. The molecule has 0 rings (SSSR count). The third kappa shape index (κ3) is 7.30. The Balaban J connectivity index is 2.74. The normalized spacial score (nSPS) is 8.89. The van der Waals surface area contributed by atoms with Gasteiger partial charge in [-0.3, -0.25) is 9.59 Å². The number of hydrogen-bond donors (Lipinski definition) is 1. The summed E-state index contributed by atoms with van der Waals surface area (Å²) in [5.41, 5.74) is 0. The SMILES string of the molecule is [OH+]=CCCNCCC=[OH+]. The molecule has 0 aromatic rings. The third-order valence-electron chi connectivity index (χ3n) is 0.900. The molecule has 0 aliphatic heterocycles. The van der Waals surface area contributed by atoms with Crippen LogP contribution in [0, 0.1) is 0 Å². The lowest BCUT2D eigenvalue weighted by Gasteiger charge is -1.92. The highest BCUT2D eigenvalue weighted by Crippen LogP contribution is 1.69. The van der Waals surface area contributed by atoms with E-state index in [1.54, 1.807) is 0 Å². The average Bonchev–Trinajstić information content (AvgIpc) is 1.89. The zero-order chi connectivity index (χ0) is 6.95. The molecule has 0 bridgehead atoms. The Morgan fingerprint density at radius 2 is 1.44 bits per heavy atom. The minimum absolute atomic E-state index is 0.658. The molecule has 9 heavy (non-hydrogen) atoms. The Kier molecular flexibility index (Phi) is 6.73. The largest absolute Gasteiger partial charge is 0.315 e. The fraction of sp³-hybridized carbons (Fsp3) is 0.667. The van der Waals surface area contributed by atoms with Crippen molar-refractivity contribution >= 4 is 12.6 Å². The molecule has 0 atom stereocenters. The van der Waals surface area contributed by atoms with Crippen molar-refractivity contribution in [3.63, 3.8) is 0 Å². The molecule has 0 unspecified atom stereocenters. The first-order chi connectivity index (χ1) is 4.41. The van der Waals surface area contributed by atoms with Crippen molar-refractivity contribution in [2.45, 2.75) is 12.8 Å². The van der Waals surface area contributed by atoms with Crippen LogP contribution in [0.2, 0.25) is 0 Å². The fourth-order valence-electron chi connectivity index (χ4n) is 0.458. The van der Waals surface area contributed by atoms with E-state index in [2.05, 4.69) is 5.32 Å². The van der Waals surface area contributed by atoms with E-state index in [0.717, 1.165) is 25.7 Å². The minimum atomic E-state index is 0.658. The lowest BCUT2D eigenvalue weighted by atomic mass is 10.4. The first kappa shape index (κ1) is 8.30. The van der Waals surface area contributed by atoms with Crippen LogP contribution in [0.4, 0.5) is 0 Å². The van der Waals surface area contributed by atoms with Gasteiger partial charge in [-0.2, -0.15) is 0 Å². The molecule has 0 aromatic heterocycles. The van der Waals surface area contributed by atoms with Gasteiger partial charge < -0.3 is 5.32 Å². The van der Waals surface area contributed by atoms with Gasteiger partial charge in [-0.25, -0.2) is 0 Å². The van der Waals surface area contributed by atoms with Crippen molar-refractivity contribution in [3.05, 3.63) is 0 Å². The van der Waals surface area contributed by atoms with Gasteiger partial charge in [0.15, 0.2) is 0 Å². The van der Waals surface area contributed by atoms with Crippen LogP contribution < -0.4 is 5.32 Å².